The average Bonchev–Trinajstić information content (AvgIpc) is 2.75. The van der Waals surface area contributed by atoms with Crippen LogP contribution in [-0.4, -0.2) is 21.4 Å². The fraction of sp³-hybridized carbons (Fsp3) is 0.857. The van der Waals surface area contributed by atoms with Gasteiger partial charge in [-0.1, -0.05) is 50.7 Å². The Bertz CT molecular complexity index is 274. The molecule has 1 aliphatic carbocycles. The van der Waals surface area contributed by atoms with Crippen LogP contribution < -0.4 is 4.98 Å². The van der Waals surface area contributed by atoms with Gasteiger partial charge in [-0.05, 0) is 32.7 Å². The molecule has 3 heteroatoms. The zero-order valence-electron chi connectivity index (χ0n) is 12.7. The zero-order chi connectivity index (χ0) is 13.1. The first-order chi connectivity index (χ1) is 7.87. The van der Waals surface area contributed by atoms with Crippen LogP contribution in [0.4, 0.5) is 0 Å². The van der Waals surface area contributed by atoms with Gasteiger partial charge in [0.25, 0.3) is 0 Å². The molecule has 0 radical (unpaired) electrons. The SMILES string of the molecule is C/C=C(\C)[Si](CC)(NC1CCCC1)[Si](C)(C)C. The molecule has 1 atom stereocenters. The van der Waals surface area contributed by atoms with Crippen molar-refractivity contribution in [3.63, 3.8) is 0 Å². The maximum absolute atomic E-state index is 4.20. The van der Waals surface area contributed by atoms with Gasteiger partial charge < -0.3 is 4.98 Å². The molecule has 1 nitrogen and oxygen atoms in total. The molecule has 1 fully saturated rings. The van der Waals surface area contributed by atoms with Gasteiger partial charge in [0.15, 0.2) is 0 Å². The van der Waals surface area contributed by atoms with Crippen LogP contribution in [0.5, 0.6) is 0 Å². The third-order valence-electron chi connectivity index (χ3n) is 4.72. The van der Waals surface area contributed by atoms with Crippen LogP contribution in [0.1, 0.15) is 46.5 Å². The molecule has 0 aromatic carbocycles. The van der Waals surface area contributed by atoms with E-state index >= 15 is 0 Å². The van der Waals surface area contributed by atoms with Crippen molar-refractivity contribution >= 4 is 15.3 Å². The third kappa shape index (κ3) is 3.12. The summed E-state index contributed by atoms with van der Waals surface area (Å²) in [4.78, 5) is 4.20. The van der Waals surface area contributed by atoms with Crippen molar-refractivity contribution in [2.45, 2.75) is 78.2 Å². The van der Waals surface area contributed by atoms with Crippen LogP contribution in [0, 0.1) is 0 Å². The van der Waals surface area contributed by atoms with Gasteiger partial charge in [0.1, 0.15) is 7.75 Å². The molecule has 1 aliphatic rings. The lowest BCUT2D eigenvalue weighted by Gasteiger charge is -2.45. The molecule has 1 rings (SSSR count). The van der Waals surface area contributed by atoms with E-state index in [4.69, 9.17) is 0 Å². The Morgan fingerprint density at radius 3 is 2.12 bits per heavy atom. The molecule has 0 bridgehead atoms. The molecule has 1 N–H and O–H groups in total. The molecule has 0 aliphatic heterocycles. The highest BCUT2D eigenvalue weighted by molar-refractivity contribution is 7.42. The molecular formula is C14H31NSi2. The summed E-state index contributed by atoms with van der Waals surface area (Å²) in [5, 5.41) is 1.70. The van der Waals surface area contributed by atoms with Crippen molar-refractivity contribution in [3.05, 3.63) is 11.3 Å². The quantitative estimate of drug-likeness (QED) is 0.729. The Hall–Kier alpha value is 0.134. The molecule has 0 heterocycles. The number of hydrogen-bond donors (Lipinski definition) is 1. The first-order valence-corrected chi connectivity index (χ1v) is 14.0. The summed E-state index contributed by atoms with van der Waals surface area (Å²) in [6.07, 6.45) is 8.08. The van der Waals surface area contributed by atoms with Gasteiger partial charge in [-0.3, -0.25) is 0 Å². The van der Waals surface area contributed by atoms with Crippen LogP contribution in [0.2, 0.25) is 25.7 Å². The van der Waals surface area contributed by atoms with Crippen molar-refractivity contribution in [2.75, 3.05) is 0 Å². The Kier molecular flexibility index (Phi) is 5.23. The average molecular weight is 270 g/mol. The van der Waals surface area contributed by atoms with Gasteiger partial charge in [0, 0.05) is 6.04 Å². The summed E-state index contributed by atoms with van der Waals surface area (Å²) < 4.78 is 0. The fourth-order valence-corrected chi connectivity index (χ4v) is 17.7. The number of hydrogen-bond acceptors (Lipinski definition) is 1. The van der Waals surface area contributed by atoms with Gasteiger partial charge in [-0.15, -0.1) is 0 Å². The zero-order valence-corrected chi connectivity index (χ0v) is 14.7. The lowest BCUT2D eigenvalue weighted by Crippen LogP contribution is -2.70. The van der Waals surface area contributed by atoms with Crippen LogP contribution in [0.15, 0.2) is 11.3 Å². The van der Waals surface area contributed by atoms with Gasteiger partial charge in [0.2, 0.25) is 0 Å². The lowest BCUT2D eigenvalue weighted by atomic mass is 10.3. The second kappa shape index (κ2) is 5.85. The Balaban J connectivity index is 2.98. The van der Waals surface area contributed by atoms with Crippen molar-refractivity contribution in [2.24, 2.45) is 0 Å². The first-order valence-electron chi connectivity index (χ1n) is 7.28. The minimum absolute atomic E-state index is 0.822. The smallest absolute Gasteiger partial charge is 0.141 e. The molecule has 0 spiro atoms. The van der Waals surface area contributed by atoms with E-state index in [0.717, 1.165) is 6.04 Å². The summed E-state index contributed by atoms with van der Waals surface area (Å²) in [7, 11) is -2.52. The van der Waals surface area contributed by atoms with Crippen molar-refractivity contribution in [1.82, 2.24) is 4.98 Å². The molecule has 100 valence electrons. The van der Waals surface area contributed by atoms with Gasteiger partial charge >= 0.3 is 0 Å². The van der Waals surface area contributed by atoms with E-state index in [9.17, 15) is 0 Å². The summed E-state index contributed by atoms with van der Waals surface area (Å²) in [6.45, 7) is 14.7. The number of rotatable bonds is 5. The Labute approximate surface area is 110 Å². The van der Waals surface area contributed by atoms with Crippen LogP contribution in [-0.2, 0) is 0 Å². The molecule has 0 amide bonds. The minimum Gasteiger partial charge on any atom is -0.333 e. The second-order valence-electron chi connectivity index (χ2n) is 6.61. The first kappa shape index (κ1) is 15.2. The lowest BCUT2D eigenvalue weighted by molar-refractivity contribution is 0.633. The Morgan fingerprint density at radius 2 is 1.76 bits per heavy atom. The largest absolute Gasteiger partial charge is 0.333 e. The Morgan fingerprint density at radius 1 is 1.24 bits per heavy atom. The van der Waals surface area contributed by atoms with E-state index < -0.39 is 15.3 Å². The third-order valence-corrected chi connectivity index (χ3v) is 21.2. The molecule has 0 aromatic rings. The maximum atomic E-state index is 4.20. The monoisotopic (exact) mass is 269 g/mol. The molecular weight excluding hydrogens is 238 g/mol. The fourth-order valence-electron chi connectivity index (χ4n) is 3.50. The standard InChI is InChI=1S/C14H31NSi2/c1-7-13(3)17(8-2,16(4,5)6)15-14-11-9-10-12-14/h7,14-15H,8-12H2,1-6H3/b13-7+. The highest BCUT2D eigenvalue weighted by Crippen LogP contribution is 2.30. The second-order valence-corrected chi connectivity index (χ2v) is 21.8. The summed E-state index contributed by atoms with van der Waals surface area (Å²) in [5.41, 5.74) is 0. The van der Waals surface area contributed by atoms with E-state index in [0.29, 0.717) is 0 Å². The number of allylic oxidation sites excluding steroid dienone is 2. The predicted molar refractivity (Wildman–Crippen MR) is 84.4 cm³/mol. The van der Waals surface area contributed by atoms with E-state index in [1.165, 1.54) is 31.7 Å². The van der Waals surface area contributed by atoms with Gasteiger partial charge in [-0.2, -0.15) is 0 Å². The topological polar surface area (TPSA) is 12.0 Å². The van der Waals surface area contributed by atoms with Gasteiger partial charge in [0.05, 0.1) is 7.59 Å². The molecule has 1 saturated carbocycles. The highest BCUT2D eigenvalue weighted by atomic mass is 29.3. The van der Waals surface area contributed by atoms with E-state index in [2.05, 4.69) is 51.5 Å². The summed E-state index contributed by atoms with van der Waals surface area (Å²) in [6, 6.07) is 2.19. The number of nitrogens with one attached hydrogen (secondary N) is 1. The normalized spacial score (nSPS) is 22.8. The van der Waals surface area contributed by atoms with Crippen LogP contribution >= 0.6 is 0 Å². The van der Waals surface area contributed by atoms with E-state index in [1.807, 2.05) is 0 Å². The van der Waals surface area contributed by atoms with Gasteiger partial charge in [-0.25, -0.2) is 0 Å². The van der Waals surface area contributed by atoms with Crippen molar-refractivity contribution in [3.8, 4) is 0 Å². The summed E-state index contributed by atoms with van der Waals surface area (Å²) in [5.74, 6) is 0. The van der Waals surface area contributed by atoms with Crippen LogP contribution in [0.25, 0.3) is 0 Å². The highest BCUT2D eigenvalue weighted by Gasteiger charge is 2.46. The molecule has 0 saturated heterocycles. The van der Waals surface area contributed by atoms with Crippen molar-refractivity contribution in [1.29, 1.82) is 0 Å². The molecule has 0 aromatic heterocycles. The predicted octanol–water partition coefficient (Wildman–Crippen LogP) is 4.41. The maximum Gasteiger partial charge on any atom is 0.141 e. The minimum atomic E-state index is -1.39. The van der Waals surface area contributed by atoms with E-state index in [-0.39, 0.29) is 0 Å². The van der Waals surface area contributed by atoms with Crippen LogP contribution in [0.3, 0.4) is 0 Å². The summed E-state index contributed by atoms with van der Waals surface area (Å²) >= 11 is 0. The van der Waals surface area contributed by atoms with E-state index in [1.54, 1.807) is 5.20 Å². The molecule has 1 unspecified atom stereocenters. The van der Waals surface area contributed by atoms with Crippen molar-refractivity contribution < 1.29 is 0 Å². The molecule has 17 heavy (non-hydrogen) atoms.